The summed E-state index contributed by atoms with van der Waals surface area (Å²) in [6.45, 7) is 1.19. The van der Waals surface area contributed by atoms with Crippen LogP contribution < -0.4 is 5.32 Å². The van der Waals surface area contributed by atoms with Gasteiger partial charge >= 0.3 is 5.97 Å². The first-order chi connectivity index (χ1) is 10.4. The van der Waals surface area contributed by atoms with E-state index in [1.165, 1.54) is 37.3 Å². The van der Waals surface area contributed by atoms with E-state index in [2.05, 4.69) is 5.32 Å². The number of aliphatic carboxylic acids is 1. The average Bonchev–Trinajstić information content (AvgIpc) is 2.47. The van der Waals surface area contributed by atoms with Crippen molar-refractivity contribution in [2.75, 3.05) is 0 Å². The van der Waals surface area contributed by atoms with E-state index in [-0.39, 0.29) is 5.57 Å². The van der Waals surface area contributed by atoms with Crippen LogP contribution in [0.25, 0.3) is 0 Å². The highest BCUT2D eigenvalue weighted by Gasteiger charge is 2.54. The lowest BCUT2D eigenvalue weighted by atomic mass is 9.76. The molecule has 0 saturated heterocycles. The minimum atomic E-state index is -1.87. The van der Waals surface area contributed by atoms with Gasteiger partial charge in [-0.25, -0.2) is 4.79 Å². The second-order valence-electron chi connectivity index (χ2n) is 4.87. The molecule has 0 aliphatic heterocycles. The Balaban J connectivity index is 2.67. The maximum Gasteiger partial charge on any atom is 0.333 e. The summed E-state index contributed by atoms with van der Waals surface area (Å²) in [7, 11) is 0. The predicted octanol–water partition coefficient (Wildman–Crippen LogP) is 1.24. The number of hydrogen-bond acceptors (Lipinski definition) is 4. The number of benzene rings is 1. The van der Waals surface area contributed by atoms with Gasteiger partial charge in [0.25, 0.3) is 5.54 Å². The van der Waals surface area contributed by atoms with E-state index in [1.807, 2.05) is 0 Å². The number of carboxylic acids is 1. The van der Waals surface area contributed by atoms with Gasteiger partial charge in [-0.2, -0.15) is 0 Å². The molecule has 7 nitrogen and oxygen atoms in total. The number of rotatable bonds is 4. The topological polar surface area (TPSA) is 110 Å². The van der Waals surface area contributed by atoms with Crippen LogP contribution in [0.2, 0.25) is 0 Å². The highest BCUT2D eigenvalue weighted by atomic mass is 16.6. The largest absolute Gasteiger partial charge is 0.478 e. The first-order valence-corrected chi connectivity index (χ1v) is 6.49. The van der Waals surface area contributed by atoms with Crippen molar-refractivity contribution in [3.8, 4) is 0 Å². The van der Waals surface area contributed by atoms with E-state index < -0.39 is 28.4 Å². The zero-order valence-electron chi connectivity index (χ0n) is 11.7. The molecule has 0 spiro atoms. The fourth-order valence-corrected chi connectivity index (χ4v) is 2.55. The minimum Gasteiger partial charge on any atom is -0.478 e. The summed E-state index contributed by atoms with van der Waals surface area (Å²) in [5.74, 6) is -1.86. The zero-order chi connectivity index (χ0) is 16.3. The minimum absolute atomic E-state index is 0.238. The third-order valence-electron chi connectivity index (χ3n) is 3.51. The van der Waals surface area contributed by atoms with Gasteiger partial charge < -0.3 is 10.4 Å². The van der Waals surface area contributed by atoms with Crippen molar-refractivity contribution >= 4 is 11.9 Å². The molecule has 1 aliphatic rings. The Morgan fingerprint density at radius 2 is 1.95 bits per heavy atom. The van der Waals surface area contributed by atoms with Crippen molar-refractivity contribution in [2.45, 2.75) is 18.5 Å². The highest BCUT2D eigenvalue weighted by Crippen LogP contribution is 2.36. The lowest BCUT2D eigenvalue weighted by Crippen LogP contribution is -2.56. The van der Waals surface area contributed by atoms with Crippen molar-refractivity contribution in [3.05, 3.63) is 69.8 Å². The number of amides is 1. The molecule has 2 atom stereocenters. The average molecular weight is 302 g/mol. The van der Waals surface area contributed by atoms with Crippen LogP contribution in [-0.4, -0.2) is 27.9 Å². The van der Waals surface area contributed by atoms with Gasteiger partial charge in [0.1, 0.15) is 6.04 Å². The normalized spacial score (nSPS) is 23.5. The van der Waals surface area contributed by atoms with E-state index in [1.54, 1.807) is 18.2 Å². The second kappa shape index (κ2) is 5.80. The molecule has 1 amide bonds. The SMILES string of the molecule is CC(=O)NC1C(C(=O)O)=CC=CC1(c1ccccc1)[N+](=O)[O-]. The van der Waals surface area contributed by atoms with Gasteiger partial charge in [-0.05, 0) is 12.2 Å². The third kappa shape index (κ3) is 2.48. The molecule has 2 unspecified atom stereocenters. The Kier molecular flexibility index (Phi) is 4.07. The summed E-state index contributed by atoms with van der Waals surface area (Å²) < 4.78 is 0. The lowest BCUT2D eigenvalue weighted by Gasteiger charge is -2.33. The molecule has 0 radical (unpaired) electrons. The van der Waals surface area contributed by atoms with Gasteiger partial charge in [-0.1, -0.05) is 36.4 Å². The van der Waals surface area contributed by atoms with Crippen LogP contribution in [0.5, 0.6) is 0 Å². The molecule has 0 aromatic heterocycles. The van der Waals surface area contributed by atoms with Crippen LogP contribution in [0.4, 0.5) is 0 Å². The fraction of sp³-hybridized carbons (Fsp3) is 0.200. The number of nitro groups is 1. The van der Waals surface area contributed by atoms with Crippen molar-refractivity contribution < 1.29 is 19.6 Å². The van der Waals surface area contributed by atoms with Gasteiger partial charge in [-0.3, -0.25) is 14.9 Å². The highest BCUT2D eigenvalue weighted by molar-refractivity contribution is 5.91. The Hall–Kier alpha value is -2.96. The number of nitrogens with zero attached hydrogens (tertiary/aromatic N) is 1. The van der Waals surface area contributed by atoms with Crippen molar-refractivity contribution in [1.29, 1.82) is 0 Å². The summed E-state index contributed by atoms with van der Waals surface area (Å²) in [5.41, 5.74) is -1.81. The molecule has 0 saturated carbocycles. The fourth-order valence-electron chi connectivity index (χ4n) is 2.55. The van der Waals surface area contributed by atoms with Gasteiger partial charge in [0.2, 0.25) is 5.91 Å². The van der Waals surface area contributed by atoms with Crippen LogP contribution in [0, 0.1) is 10.1 Å². The molecule has 0 bridgehead atoms. The summed E-state index contributed by atoms with van der Waals surface area (Å²) in [4.78, 5) is 34.1. The van der Waals surface area contributed by atoms with Crippen LogP contribution in [-0.2, 0) is 15.1 Å². The van der Waals surface area contributed by atoms with E-state index in [9.17, 15) is 24.8 Å². The number of carboxylic acid groups (broad SMARTS) is 1. The first kappa shape index (κ1) is 15.4. The lowest BCUT2D eigenvalue weighted by molar-refractivity contribution is -0.567. The molecule has 1 aromatic carbocycles. The zero-order valence-corrected chi connectivity index (χ0v) is 11.7. The number of allylic oxidation sites excluding steroid dienone is 2. The Morgan fingerprint density at radius 1 is 1.32 bits per heavy atom. The van der Waals surface area contributed by atoms with E-state index in [4.69, 9.17) is 0 Å². The molecule has 114 valence electrons. The van der Waals surface area contributed by atoms with Crippen molar-refractivity contribution in [1.82, 2.24) is 5.32 Å². The Morgan fingerprint density at radius 3 is 2.45 bits per heavy atom. The summed E-state index contributed by atoms with van der Waals surface area (Å²) >= 11 is 0. The van der Waals surface area contributed by atoms with Crippen LogP contribution in [0.15, 0.2) is 54.1 Å². The molecular weight excluding hydrogens is 288 g/mol. The molecule has 22 heavy (non-hydrogen) atoms. The summed E-state index contributed by atoms with van der Waals surface area (Å²) in [6, 6.07) is 6.71. The maximum absolute atomic E-state index is 11.8. The maximum atomic E-state index is 11.8. The first-order valence-electron chi connectivity index (χ1n) is 6.49. The van der Waals surface area contributed by atoms with Gasteiger partial charge in [0.05, 0.1) is 5.57 Å². The van der Waals surface area contributed by atoms with Crippen LogP contribution in [0.3, 0.4) is 0 Å². The Bertz CT molecular complexity index is 680. The monoisotopic (exact) mass is 302 g/mol. The van der Waals surface area contributed by atoms with Crippen LogP contribution in [0.1, 0.15) is 12.5 Å². The second-order valence-corrected chi connectivity index (χ2v) is 4.87. The number of hydrogen-bond donors (Lipinski definition) is 2. The van der Waals surface area contributed by atoms with Gasteiger partial charge in [-0.15, -0.1) is 0 Å². The predicted molar refractivity (Wildman–Crippen MR) is 77.6 cm³/mol. The Labute approximate surface area is 126 Å². The summed E-state index contributed by atoms with van der Waals surface area (Å²) in [5, 5.41) is 23.5. The molecule has 0 heterocycles. The van der Waals surface area contributed by atoms with Crippen molar-refractivity contribution in [2.24, 2.45) is 0 Å². The number of nitrogens with one attached hydrogen (secondary N) is 1. The van der Waals surface area contributed by atoms with E-state index in [0.717, 1.165) is 0 Å². The van der Waals surface area contributed by atoms with Gasteiger partial charge in [0, 0.05) is 17.4 Å². The summed E-state index contributed by atoms with van der Waals surface area (Å²) in [6.07, 6.45) is 3.89. The molecule has 1 aromatic rings. The van der Waals surface area contributed by atoms with Gasteiger partial charge in [0.15, 0.2) is 0 Å². The van der Waals surface area contributed by atoms with E-state index in [0.29, 0.717) is 5.56 Å². The molecule has 2 rings (SSSR count). The molecule has 0 fully saturated rings. The number of carbonyl (C=O) groups is 2. The molecule has 2 N–H and O–H groups in total. The molecule has 1 aliphatic carbocycles. The smallest absolute Gasteiger partial charge is 0.333 e. The van der Waals surface area contributed by atoms with Crippen molar-refractivity contribution in [3.63, 3.8) is 0 Å². The number of carbonyl (C=O) groups excluding carboxylic acids is 1. The molecule has 7 heteroatoms. The van der Waals surface area contributed by atoms with E-state index >= 15 is 0 Å². The standard InChI is InChI=1S/C15H14N2O5/c1-10(18)16-13-12(14(19)20)8-5-9-15(13,17(21)22)11-6-3-2-4-7-11/h2-9,13H,1H3,(H,16,18)(H,19,20). The van der Waals surface area contributed by atoms with Crippen LogP contribution >= 0.6 is 0 Å². The third-order valence-corrected chi connectivity index (χ3v) is 3.51. The quantitative estimate of drug-likeness (QED) is 0.642. The molecular formula is C15H14N2O5.